The molecule has 6 nitrogen and oxygen atoms in total. The normalized spacial score (nSPS) is 18.8. The Balaban J connectivity index is 0.00000196. The molecule has 2 aliphatic heterocycles. The summed E-state index contributed by atoms with van der Waals surface area (Å²) in [4.78, 5) is 28.5. The first-order valence-corrected chi connectivity index (χ1v) is 9.80. The van der Waals surface area contributed by atoms with Crippen LogP contribution in [-0.2, 0) is 9.59 Å². The lowest BCUT2D eigenvalue weighted by atomic mass is 10.1. The second-order valence-electron chi connectivity index (χ2n) is 7.15. The Bertz CT molecular complexity index is 589. The van der Waals surface area contributed by atoms with Gasteiger partial charge in [-0.3, -0.25) is 9.59 Å². The number of carbonyl (C=O) groups is 2. The van der Waals surface area contributed by atoms with Crippen LogP contribution in [-0.4, -0.2) is 62.0 Å². The van der Waals surface area contributed by atoms with E-state index >= 15 is 0 Å². The van der Waals surface area contributed by atoms with Gasteiger partial charge in [0.15, 0.2) is 0 Å². The number of rotatable bonds is 7. The molecular formula is C20H32Cl2N4O2. The molecule has 0 bridgehead atoms. The number of anilines is 1. The lowest BCUT2D eigenvalue weighted by Crippen LogP contribution is -2.48. The molecule has 2 fully saturated rings. The number of carbonyl (C=O) groups excluding carboxylic acids is 2. The van der Waals surface area contributed by atoms with Crippen molar-refractivity contribution in [3.8, 4) is 0 Å². The van der Waals surface area contributed by atoms with Crippen molar-refractivity contribution in [1.82, 2.24) is 15.5 Å². The average molecular weight is 431 g/mol. The first kappa shape index (κ1) is 24.5. The smallest absolute Gasteiger partial charge is 0.222 e. The molecule has 1 aromatic rings. The van der Waals surface area contributed by atoms with Crippen LogP contribution in [0.2, 0.25) is 0 Å². The molecule has 1 unspecified atom stereocenters. The highest BCUT2D eigenvalue weighted by atomic mass is 35.5. The predicted molar refractivity (Wildman–Crippen MR) is 118 cm³/mol. The van der Waals surface area contributed by atoms with Gasteiger partial charge in [0.1, 0.15) is 0 Å². The van der Waals surface area contributed by atoms with Crippen molar-refractivity contribution >= 4 is 42.3 Å². The Hall–Kier alpha value is -1.50. The number of nitrogens with zero attached hydrogens (tertiary/aromatic N) is 2. The van der Waals surface area contributed by atoms with E-state index in [9.17, 15) is 9.59 Å². The zero-order chi connectivity index (χ0) is 18.2. The summed E-state index contributed by atoms with van der Waals surface area (Å²) < 4.78 is 0. The van der Waals surface area contributed by atoms with E-state index in [1.807, 2.05) is 23.1 Å². The predicted octanol–water partition coefficient (Wildman–Crippen LogP) is 2.22. The molecule has 0 saturated carbocycles. The highest BCUT2D eigenvalue weighted by Crippen LogP contribution is 2.16. The van der Waals surface area contributed by atoms with Gasteiger partial charge in [-0.05, 0) is 37.9 Å². The maximum atomic E-state index is 12.3. The first-order valence-electron chi connectivity index (χ1n) is 9.80. The number of hydrogen-bond donors (Lipinski definition) is 2. The Morgan fingerprint density at radius 3 is 2.43 bits per heavy atom. The largest absolute Gasteiger partial charge is 0.368 e. The van der Waals surface area contributed by atoms with Gasteiger partial charge in [-0.2, -0.15) is 0 Å². The van der Waals surface area contributed by atoms with Crippen LogP contribution in [0.15, 0.2) is 30.3 Å². The molecule has 1 aromatic carbocycles. The summed E-state index contributed by atoms with van der Waals surface area (Å²) in [5.74, 6) is 0.290. The SMILES string of the molecule is Cl.Cl.O=C(CC1CCCN1)NCCCC(=O)N1CCN(c2ccccc2)CC1. The highest BCUT2D eigenvalue weighted by Gasteiger charge is 2.21. The summed E-state index contributed by atoms with van der Waals surface area (Å²) in [5, 5.41) is 6.27. The lowest BCUT2D eigenvalue weighted by Gasteiger charge is -2.36. The highest BCUT2D eigenvalue weighted by molar-refractivity contribution is 5.85. The van der Waals surface area contributed by atoms with Crippen LogP contribution in [0.25, 0.3) is 0 Å². The van der Waals surface area contributed by atoms with E-state index in [-0.39, 0.29) is 36.6 Å². The standard InChI is InChI=1S/C20H30N4O2.2ClH/c25-19(16-17-6-4-10-21-17)22-11-5-9-20(26)24-14-12-23(13-15-24)18-7-2-1-3-8-18;;/h1-3,7-8,17,21H,4-6,9-16H2,(H,22,25);2*1H. The van der Waals surface area contributed by atoms with Crippen molar-refractivity contribution in [3.63, 3.8) is 0 Å². The number of piperazine rings is 1. The van der Waals surface area contributed by atoms with Gasteiger partial charge in [-0.15, -0.1) is 24.8 Å². The molecule has 0 spiro atoms. The molecule has 2 N–H and O–H groups in total. The quantitative estimate of drug-likeness (QED) is 0.650. The molecule has 2 amide bonds. The van der Waals surface area contributed by atoms with Crippen LogP contribution in [0.3, 0.4) is 0 Å². The number of benzene rings is 1. The Kier molecular flexibility index (Phi) is 11.3. The van der Waals surface area contributed by atoms with Crippen molar-refractivity contribution in [2.24, 2.45) is 0 Å². The molecule has 8 heteroatoms. The minimum atomic E-state index is 0. The second kappa shape index (κ2) is 12.9. The molecule has 0 aromatic heterocycles. The molecule has 1 atom stereocenters. The van der Waals surface area contributed by atoms with E-state index in [2.05, 4.69) is 27.7 Å². The van der Waals surface area contributed by atoms with Crippen molar-refractivity contribution in [2.75, 3.05) is 44.2 Å². The fraction of sp³-hybridized carbons (Fsp3) is 0.600. The van der Waals surface area contributed by atoms with Crippen LogP contribution >= 0.6 is 24.8 Å². The fourth-order valence-electron chi connectivity index (χ4n) is 3.71. The monoisotopic (exact) mass is 430 g/mol. The summed E-state index contributed by atoms with van der Waals surface area (Å²) in [6.45, 7) is 4.90. The zero-order valence-corrected chi connectivity index (χ0v) is 17.9. The Labute approximate surface area is 180 Å². The lowest BCUT2D eigenvalue weighted by molar-refractivity contribution is -0.131. The van der Waals surface area contributed by atoms with Crippen LogP contribution in [0, 0.1) is 0 Å². The Morgan fingerprint density at radius 2 is 1.79 bits per heavy atom. The summed E-state index contributed by atoms with van der Waals surface area (Å²) >= 11 is 0. The second-order valence-corrected chi connectivity index (χ2v) is 7.15. The first-order chi connectivity index (χ1) is 12.7. The molecule has 0 aliphatic carbocycles. The summed E-state index contributed by atoms with van der Waals surface area (Å²) in [7, 11) is 0. The Morgan fingerprint density at radius 1 is 1.07 bits per heavy atom. The van der Waals surface area contributed by atoms with Crippen molar-refractivity contribution in [3.05, 3.63) is 30.3 Å². The minimum absolute atomic E-state index is 0. The van der Waals surface area contributed by atoms with Gasteiger partial charge in [-0.25, -0.2) is 0 Å². The fourth-order valence-corrected chi connectivity index (χ4v) is 3.71. The van der Waals surface area contributed by atoms with E-state index in [1.165, 1.54) is 5.69 Å². The maximum absolute atomic E-state index is 12.3. The minimum Gasteiger partial charge on any atom is -0.368 e. The van der Waals surface area contributed by atoms with Gasteiger partial charge in [0, 0.05) is 57.3 Å². The third-order valence-corrected chi connectivity index (χ3v) is 5.24. The molecule has 158 valence electrons. The van der Waals surface area contributed by atoms with E-state index in [0.29, 0.717) is 31.8 Å². The topological polar surface area (TPSA) is 64.7 Å². The van der Waals surface area contributed by atoms with Crippen LogP contribution in [0.5, 0.6) is 0 Å². The van der Waals surface area contributed by atoms with Crippen LogP contribution in [0.4, 0.5) is 5.69 Å². The van der Waals surface area contributed by atoms with Crippen molar-refractivity contribution in [1.29, 1.82) is 0 Å². The van der Waals surface area contributed by atoms with E-state index < -0.39 is 0 Å². The van der Waals surface area contributed by atoms with Crippen LogP contribution < -0.4 is 15.5 Å². The van der Waals surface area contributed by atoms with Crippen LogP contribution in [0.1, 0.15) is 32.1 Å². The summed E-state index contributed by atoms with van der Waals surface area (Å²) in [6, 6.07) is 10.7. The van der Waals surface area contributed by atoms with Gasteiger partial charge >= 0.3 is 0 Å². The number of nitrogens with one attached hydrogen (secondary N) is 2. The van der Waals surface area contributed by atoms with E-state index in [1.54, 1.807) is 0 Å². The third-order valence-electron chi connectivity index (χ3n) is 5.24. The van der Waals surface area contributed by atoms with Crippen molar-refractivity contribution < 1.29 is 9.59 Å². The van der Waals surface area contributed by atoms with Crippen molar-refractivity contribution in [2.45, 2.75) is 38.1 Å². The zero-order valence-electron chi connectivity index (χ0n) is 16.3. The third kappa shape index (κ3) is 7.49. The van der Waals surface area contributed by atoms with Gasteiger partial charge in [-0.1, -0.05) is 18.2 Å². The average Bonchev–Trinajstić information content (AvgIpc) is 3.19. The summed E-state index contributed by atoms with van der Waals surface area (Å²) in [5.41, 5.74) is 1.22. The molecule has 0 radical (unpaired) electrons. The number of para-hydroxylation sites is 1. The number of amides is 2. The number of halogens is 2. The maximum Gasteiger partial charge on any atom is 0.222 e. The van der Waals surface area contributed by atoms with E-state index in [0.717, 1.165) is 45.6 Å². The molecule has 2 saturated heterocycles. The van der Waals surface area contributed by atoms with E-state index in [4.69, 9.17) is 0 Å². The molecule has 3 rings (SSSR count). The molecular weight excluding hydrogens is 399 g/mol. The van der Waals surface area contributed by atoms with Gasteiger partial charge < -0.3 is 20.4 Å². The summed E-state index contributed by atoms with van der Waals surface area (Å²) in [6.07, 6.45) is 4.01. The van der Waals surface area contributed by atoms with Gasteiger partial charge in [0.25, 0.3) is 0 Å². The molecule has 2 heterocycles. The van der Waals surface area contributed by atoms with Gasteiger partial charge in [0.2, 0.25) is 11.8 Å². The van der Waals surface area contributed by atoms with Gasteiger partial charge in [0.05, 0.1) is 0 Å². The number of hydrogen-bond acceptors (Lipinski definition) is 4. The molecule has 2 aliphatic rings. The molecule has 28 heavy (non-hydrogen) atoms.